The first-order chi connectivity index (χ1) is 12.5. The average Bonchev–Trinajstić information content (AvgIpc) is 3.03. The van der Waals surface area contributed by atoms with Gasteiger partial charge in [0.1, 0.15) is 0 Å². The molecule has 0 bridgehead atoms. The van der Waals surface area contributed by atoms with Gasteiger partial charge in [0.25, 0.3) is 5.56 Å². The lowest BCUT2D eigenvalue weighted by atomic mass is 10.0. The largest absolute Gasteiger partial charge is 0.453 e. The Labute approximate surface area is 151 Å². The fraction of sp³-hybridized carbons (Fsp3) is 0.0588. The van der Waals surface area contributed by atoms with Crippen LogP contribution in [0.1, 0.15) is 0 Å². The van der Waals surface area contributed by atoms with Gasteiger partial charge in [0.15, 0.2) is 0 Å². The first kappa shape index (κ1) is 16.1. The van der Waals surface area contributed by atoms with Crippen LogP contribution in [0.15, 0.2) is 41.2 Å². The van der Waals surface area contributed by atoms with E-state index in [1.807, 2.05) is 12.1 Å². The van der Waals surface area contributed by atoms with Gasteiger partial charge in [-0.3, -0.25) is 10.1 Å². The van der Waals surface area contributed by atoms with E-state index in [0.717, 1.165) is 5.56 Å². The maximum Gasteiger partial charge on any atom is 0.413 e. The van der Waals surface area contributed by atoms with Crippen molar-refractivity contribution < 1.29 is 9.53 Å². The van der Waals surface area contributed by atoms with E-state index in [0.29, 0.717) is 32.5 Å². The van der Waals surface area contributed by atoms with Crippen LogP contribution in [0.3, 0.4) is 0 Å². The predicted octanol–water partition coefficient (Wildman–Crippen LogP) is 3.30. The fourth-order valence-electron chi connectivity index (χ4n) is 2.72. The third-order valence-corrected chi connectivity index (χ3v) is 4.15. The summed E-state index contributed by atoms with van der Waals surface area (Å²) in [7, 11) is 1.27. The number of H-pyrrole nitrogens is 2. The van der Waals surface area contributed by atoms with Crippen molar-refractivity contribution in [2.75, 3.05) is 12.4 Å². The molecule has 0 radical (unpaired) electrons. The molecule has 130 valence electrons. The second-order valence-electron chi connectivity index (χ2n) is 5.53. The number of methoxy groups -OCH3 is 1. The zero-order valence-electron chi connectivity index (χ0n) is 13.5. The van der Waals surface area contributed by atoms with Gasteiger partial charge in [-0.25, -0.2) is 14.9 Å². The number of hydrogen-bond donors (Lipinski definition) is 3. The third-order valence-electron chi connectivity index (χ3n) is 3.91. The van der Waals surface area contributed by atoms with Crippen LogP contribution in [-0.2, 0) is 4.74 Å². The standard InChI is InChI=1S/C17H12ClN5O3/c1-26-17(25)21-16-19-12-5-2-8(6-13(12)20-16)14-11-7-9(18)3-4-10(11)15(24)23-22-14/h2-7H,1H3,(H,23,24)(H2,19,20,21,25). The predicted molar refractivity (Wildman–Crippen MR) is 98.5 cm³/mol. The number of carbonyl (C=O) groups excluding carboxylic acids is 1. The molecule has 26 heavy (non-hydrogen) atoms. The van der Waals surface area contributed by atoms with E-state index in [1.54, 1.807) is 24.3 Å². The summed E-state index contributed by atoms with van der Waals surface area (Å²) in [5.41, 5.74) is 2.41. The van der Waals surface area contributed by atoms with Gasteiger partial charge >= 0.3 is 6.09 Å². The summed E-state index contributed by atoms with van der Waals surface area (Å²) in [6, 6.07) is 10.5. The van der Waals surface area contributed by atoms with E-state index >= 15 is 0 Å². The average molecular weight is 370 g/mol. The molecule has 0 aliphatic carbocycles. The molecule has 2 aromatic carbocycles. The lowest BCUT2D eigenvalue weighted by Crippen LogP contribution is -2.11. The van der Waals surface area contributed by atoms with Crippen LogP contribution >= 0.6 is 11.6 Å². The Balaban J connectivity index is 1.86. The molecular formula is C17H12ClN5O3. The molecule has 3 N–H and O–H groups in total. The summed E-state index contributed by atoms with van der Waals surface area (Å²) in [5, 5.41) is 10.8. The summed E-state index contributed by atoms with van der Waals surface area (Å²) in [5.74, 6) is 0.270. The van der Waals surface area contributed by atoms with Crippen LogP contribution < -0.4 is 10.9 Å². The number of rotatable bonds is 2. The molecule has 0 unspecified atom stereocenters. The summed E-state index contributed by atoms with van der Waals surface area (Å²) < 4.78 is 4.55. The van der Waals surface area contributed by atoms with E-state index in [-0.39, 0.29) is 11.5 Å². The molecule has 2 aromatic heterocycles. The van der Waals surface area contributed by atoms with E-state index < -0.39 is 6.09 Å². The van der Waals surface area contributed by atoms with Crippen molar-refractivity contribution in [3.63, 3.8) is 0 Å². The maximum atomic E-state index is 12.0. The van der Waals surface area contributed by atoms with Crippen molar-refractivity contribution in [1.29, 1.82) is 0 Å². The molecule has 0 aliphatic rings. The number of imidazole rings is 1. The summed E-state index contributed by atoms with van der Waals surface area (Å²) in [6.07, 6.45) is -0.618. The van der Waals surface area contributed by atoms with Crippen molar-refractivity contribution in [2.45, 2.75) is 0 Å². The number of aromatic nitrogens is 4. The molecule has 0 fully saturated rings. The number of anilines is 1. The van der Waals surface area contributed by atoms with Crippen molar-refractivity contribution in [2.24, 2.45) is 0 Å². The molecule has 0 saturated heterocycles. The van der Waals surface area contributed by atoms with E-state index in [2.05, 4.69) is 30.2 Å². The van der Waals surface area contributed by atoms with Gasteiger partial charge in [-0.1, -0.05) is 17.7 Å². The van der Waals surface area contributed by atoms with Gasteiger partial charge in [0, 0.05) is 16.0 Å². The van der Waals surface area contributed by atoms with Gasteiger partial charge in [0.2, 0.25) is 5.95 Å². The highest BCUT2D eigenvalue weighted by atomic mass is 35.5. The van der Waals surface area contributed by atoms with Crippen molar-refractivity contribution in [3.05, 3.63) is 51.8 Å². The molecule has 4 rings (SSSR count). The van der Waals surface area contributed by atoms with E-state index in [4.69, 9.17) is 11.6 Å². The molecule has 0 atom stereocenters. The number of benzene rings is 2. The summed E-state index contributed by atoms with van der Waals surface area (Å²) in [6.45, 7) is 0. The minimum absolute atomic E-state index is 0.270. The highest BCUT2D eigenvalue weighted by Crippen LogP contribution is 2.28. The highest BCUT2D eigenvalue weighted by molar-refractivity contribution is 6.31. The number of hydrogen-bond acceptors (Lipinski definition) is 5. The highest BCUT2D eigenvalue weighted by Gasteiger charge is 2.12. The van der Waals surface area contributed by atoms with Crippen LogP contribution in [-0.4, -0.2) is 33.4 Å². The van der Waals surface area contributed by atoms with Crippen molar-refractivity contribution in [1.82, 2.24) is 20.2 Å². The third kappa shape index (κ3) is 2.76. The zero-order chi connectivity index (χ0) is 18.3. The number of halogens is 1. The van der Waals surface area contributed by atoms with Crippen LogP contribution in [0.4, 0.5) is 10.7 Å². The Morgan fingerprint density at radius 2 is 2.04 bits per heavy atom. The van der Waals surface area contributed by atoms with E-state index in [1.165, 1.54) is 7.11 Å². The molecular weight excluding hydrogens is 358 g/mol. The van der Waals surface area contributed by atoms with Gasteiger partial charge in [0.05, 0.1) is 29.2 Å². The monoisotopic (exact) mass is 369 g/mol. The molecule has 0 spiro atoms. The number of amides is 1. The summed E-state index contributed by atoms with van der Waals surface area (Å²) >= 11 is 6.08. The Bertz CT molecular complexity index is 1210. The quantitative estimate of drug-likeness (QED) is 0.501. The van der Waals surface area contributed by atoms with E-state index in [9.17, 15) is 9.59 Å². The van der Waals surface area contributed by atoms with Gasteiger partial charge in [-0.2, -0.15) is 5.10 Å². The van der Waals surface area contributed by atoms with Crippen LogP contribution in [0.5, 0.6) is 0 Å². The lowest BCUT2D eigenvalue weighted by molar-refractivity contribution is 0.186. The fourth-order valence-corrected chi connectivity index (χ4v) is 2.89. The van der Waals surface area contributed by atoms with Crippen LogP contribution in [0.2, 0.25) is 5.02 Å². The Morgan fingerprint density at radius 3 is 2.85 bits per heavy atom. The molecule has 4 aromatic rings. The molecule has 9 heteroatoms. The smallest absolute Gasteiger partial charge is 0.413 e. The number of nitrogens with zero attached hydrogens (tertiary/aromatic N) is 2. The number of nitrogens with one attached hydrogen (secondary N) is 3. The van der Waals surface area contributed by atoms with Crippen LogP contribution in [0, 0.1) is 0 Å². The summed E-state index contributed by atoms with van der Waals surface area (Å²) in [4.78, 5) is 30.6. The molecule has 2 heterocycles. The minimum Gasteiger partial charge on any atom is -0.453 e. The molecule has 0 saturated carbocycles. The SMILES string of the molecule is COC(=O)Nc1nc2ccc(-c3n[nH]c(=O)c4ccc(Cl)cc34)cc2[nH]1. The lowest BCUT2D eigenvalue weighted by Gasteiger charge is -2.05. The van der Waals surface area contributed by atoms with Gasteiger partial charge < -0.3 is 9.72 Å². The second-order valence-corrected chi connectivity index (χ2v) is 5.96. The number of ether oxygens (including phenoxy) is 1. The molecule has 0 aliphatic heterocycles. The molecule has 8 nitrogen and oxygen atoms in total. The van der Waals surface area contributed by atoms with Crippen LogP contribution in [0.25, 0.3) is 33.1 Å². The normalized spacial score (nSPS) is 11.0. The maximum absolute atomic E-state index is 12.0. The Morgan fingerprint density at radius 1 is 1.19 bits per heavy atom. The Hall–Kier alpha value is -3.39. The number of fused-ring (bicyclic) bond motifs is 2. The first-order valence-electron chi connectivity index (χ1n) is 7.58. The minimum atomic E-state index is -0.618. The second kappa shape index (κ2) is 6.16. The first-order valence-corrected chi connectivity index (χ1v) is 7.96. The topological polar surface area (TPSA) is 113 Å². The van der Waals surface area contributed by atoms with Crippen molar-refractivity contribution in [3.8, 4) is 11.3 Å². The Kier molecular flexibility index (Phi) is 3.81. The number of carbonyl (C=O) groups is 1. The molecule has 1 amide bonds. The number of aromatic amines is 2. The van der Waals surface area contributed by atoms with Gasteiger partial charge in [-0.05, 0) is 30.3 Å². The van der Waals surface area contributed by atoms with Gasteiger partial charge in [-0.15, -0.1) is 0 Å². The zero-order valence-corrected chi connectivity index (χ0v) is 14.2. The van der Waals surface area contributed by atoms with Crippen molar-refractivity contribution >= 4 is 45.4 Å².